The van der Waals surface area contributed by atoms with Crippen LogP contribution in [-0.4, -0.2) is 30.4 Å². The van der Waals surface area contributed by atoms with Crippen LogP contribution in [0.3, 0.4) is 0 Å². The van der Waals surface area contributed by atoms with E-state index in [0.717, 1.165) is 12.8 Å². The van der Waals surface area contributed by atoms with Crippen molar-refractivity contribution < 1.29 is 19.1 Å². The van der Waals surface area contributed by atoms with Crippen LogP contribution in [0.2, 0.25) is 0 Å². The van der Waals surface area contributed by atoms with Crippen LogP contribution in [0.4, 0.5) is 5.69 Å². The summed E-state index contributed by atoms with van der Waals surface area (Å²) < 4.78 is 5.75. The predicted octanol–water partition coefficient (Wildman–Crippen LogP) is 2.28. The maximum Gasteiger partial charge on any atom is 0.310 e. The van der Waals surface area contributed by atoms with Gasteiger partial charge in [-0.1, -0.05) is 26.0 Å². The van der Waals surface area contributed by atoms with Gasteiger partial charge < -0.3 is 15.4 Å². The number of amides is 2. The van der Waals surface area contributed by atoms with Gasteiger partial charge in [0.2, 0.25) is 5.91 Å². The van der Waals surface area contributed by atoms with E-state index >= 15 is 0 Å². The van der Waals surface area contributed by atoms with Crippen LogP contribution >= 0.6 is 0 Å². The third-order valence-corrected chi connectivity index (χ3v) is 6.04. The molecule has 2 N–H and O–H groups in total. The van der Waals surface area contributed by atoms with Gasteiger partial charge in [-0.05, 0) is 48.9 Å². The highest BCUT2D eigenvalue weighted by atomic mass is 16.6. The summed E-state index contributed by atoms with van der Waals surface area (Å²) in [5.41, 5.74) is 5.82. The maximum atomic E-state index is 13.0. The van der Waals surface area contributed by atoms with E-state index in [9.17, 15) is 14.4 Å². The van der Waals surface area contributed by atoms with Gasteiger partial charge in [-0.25, -0.2) is 0 Å². The number of carbonyl (C=O) groups excluding carboxylic acids is 3. The van der Waals surface area contributed by atoms with Crippen LogP contribution in [0.5, 0.6) is 0 Å². The molecule has 1 aliphatic heterocycles. The highest BCUT2D eigenvalue weighted by Crippen LogP contribution is 2.45. The van der Waals surface area contributed by atoms with Crippen LogP contribution in [0.1, 0.15) is 37.0 Å². The largest absolute Gasteiger partial charge is 0.451 e. The highest BCUT2D eigenvalue weighted by Gasteiger charge is 2.51. The van der Waals surface area contributed by atoms with Gasteiger partial charge >= 0.3 is 5.97 Å². The second-order valence-corrected chi connectivity index (χ2v) is 8.53. The number of fused-ring (bicyclic) bond motifs is 2. The smallest absolute Gasteiger partial charge is 0.310 e. The van der Waals surface area contributed by atoms with Crippen molar-refractivity contribution >= 4 is 23.5 Å². The van der Waals surface area contributed by atoms with Gasteiger partial charge in [0.05, 0.1) is 5.92 Å². The van der Waals surface area contributed by atoms with E-state index in [4.69, 9.17) is 10.5 Å². The zero-order valence-electron chi connectivity index (χ0n) is 15.6. The van der Waals surface area contributed by atoms with Gasteiger partial charge in [0.1, 0.15) is 0 Å². The van der Waals surface area contributed by atoms with E-state index in [1.165, 1.54) is 0 Å². The van der Waals surface area contributed by atoms with E-state index in [-0.39, 0.29) is 23.7 Å². The number of nitrogens with two attached hydrogens (primary N) is 1. The molecule has 3 aliphatic rings. The lowest BCUT2D eigenvalue weighted by Gasteiger charge is -2.26. The first-order chi connectivity index (χ1) is 12.8. The van der Waals surface area contributed by atoms with Crippen molar-refractivity contribution in [1.29, 1.82) is 0 Å². The molecule has 142 valence electrons. The Morgan fingerprint density at radius 3 is 2.41 bits per heavy atom. The highest BCUT2D eigenvalue weighted by molar-refractivity contribution is 6.01. The Hall–Kier alpha value is -2.63. The first kappa shape index (κ1) is 17.8. The number of carbonyl (C=O) groups is 3. The number of allylic oxidation sites excluding steroid dienone is 2. The Kier molecular flexibility index (Phi) is 4.09. The van der Waals surface area contributed by atoms with Crippen molar-refractivity contribution in [3.05, 3.63) is 42.0 Å². The number of ether oxygens (including phenoxy) is 1. The summed E-state index contributed by atoms with van der Waals surface area (Å²) in [7, 11) is 0. The molecule has 6 heteroatoms. The molecule has 6 nitrogen and oxygen atoms in total. The fourth-order valence-electron chi connectivity index (χ4n) is 4.53. The predicted molar refractivity (Wildman–Crippen MR) is 99.8 cm³/mol. The molecule has 2 bridgehead atoms. The summed E-state index contributed by atoms with van der Waals surface area (Å²) in [6.45, 7) is 4.30. The van der Waals surface area contributed by atoms with Crippen LogP contribution in [-0.2, 0) is 14.3 Å². The Balaban J connectivity index is 1.50. The molecule has 2 amide bonds. The van der Waals surface area contributed by atoms with Crippen molar-refractivity contribution in [3.63, 3.8) is 0 Å². The van der Waals surface area contributed by atoms with Crippen molar-refractivity contribution in [2.45, 2.75) is 32.8 Å². The standard InChI is InChI=1S/C21H24N2O4/c1-21(2)11-23(15-7-5-13(6-8-15)18(22)24)19(25)17(21)27-20(26)16-10-12-3-4-14(16)9-12/h3-8,12,14,16-17H,9-11H2,1-2H3,(H2,22,24)/t12-,14+,16+,17+/m1/s1. The summed E-state index contributed by atoms with van der Waals surface area (Å²) in [6.07, 6.45) is 5.31. The zero-order valence-corrected chi connectivity index (χ0v) is 15.6. The fraction of sp³-hybridized carbons (Fsp3) is 0.476. The summed E-state index contributed by atoms with van der Waals surface area (Å²) in [6, 6.07) is 6.58. The lowest BCUT2D eigenvalue weighted by molar-refractivity contribution is -0.163. The first-order valence-electron chi connectivity index (χ1n) is 9.36. The molecule has 27 heavy (non-hydrogen) atoms. The van der Waals surface area contributed by atoms with E-state index < -0.39 is 17.4 Å². The molecule has 4 atom stereocenters. The molecule has 0 radical (unpaired) electrons. The molecule has 1 aromatic rings. The molecule has 1 aromatic carbocycles. The van der Waals surface area contributed by atoms with Crippen molar-refractivity contribution in [2.75, 3.05) is 11.4 Å². The van der Waals surface area contributed by atoms with Crippen LogP contribution in [0.25, 0.3) is 0 Å². The molecule has 0 unspecified atom stereocenters. The quantitative estimate of drug-likeness (QED) is 0.652. The monoisotopic (exact) mass is 368 g/mol. The number of benzene rings is 1. The van der Waals surface area contributed by atoms with Crippen molar-refractivity contribution in [3.8, 4) is 0 Å². The van der Waals surface area contributed by atoms with Gasteiger partial charge in [0.15, 0.2) is 6.10 Å². The first-order valence-corrected chi connectivity index (χ1v) is 9.36. The Bertz CT molecular complexity index is 827. The third-order valence-electron chi connectivity index (χ3n) is 6.04. The number of hydrogen-bond donors (Lipinski definition) is 1. The molecular formula is C21H24N2O4. The number of primary amides is 1. The molecular weight excluding hydrogens is 344 g/mol. The summed E-state index contributed by atoms with van der Waals surface area (Å²) in [4.78, 5) is 38.6. The third kappa shape index (κ3) is 3.03. The average Bonchev–Trinajstić information content (AvgIpc) is 3.31. The van der Waals surface area contributed by atoms with Gasteiger partial charge in [0.25, 0.3) is 5.91 Å². The fourth-order valence-corrected chi connectivity index (χ4v) is 4.53. The number of hydrogen-bond acceptors (Lipinski definition) is 4. The molecule has 1 heterocycles. The second kappa shape index (κ2) is 6.22. The SMILES string of the molecule is CC1(C)CN(c2ccc(C(N)=O)cc2)C(=O)[C@@H]1OC(=O)[C@H]1C[C@@H]2C=C[C@H]1C2. The lowest BCUT2D eigenvalue weighted by atomic mass is 9.89. The van der Waals surface area contributed by atoms with Crippen molar-refractivity contribution in [1.82, 2.24) is 0 Å². The molecule has 4 rings (SSSR count). The lowest BCUT2D eigenvalue weighted by Crippen LogP contribution is -2.38. The van der Waals surface area contributed by atoms with Gasteiger partial charge in [-0.15, -0.1) is 0 Å². The van der Waals surface area contributed by atoms with Gasteiger partial charge in [0, 0.05) is 23.2 Å². The minimum Gasteiger partial charge on any atom is -0.451 e. The van der Waals surface area contributed by atoms with Crippen molar-refractivity contribution in [2.24, 2.45) is 28.9 Å². The van der Waals surface area contributed by atoms with E-state index in [1.807, 2.05) is 13.8 Å². The van der Waals surface area contributed by atoms with E-state index in [0.29, 0.717) is 23.7 Å². The molecule has 0 spiro atoms. The Morgan fingerprint density at radius 2 is 1.85 bits per heavy atom. The number of esters is 1. The average molecular weight is 368 g/mol. The zero-order chi connectivity index (χ0) is 19.3. The maximum absolute atomic E-state index is 13.0. The van der Waals surface area contributed by atoms with Crippen LogP contribution in [0, 0.1) is 23.2 Å². The Morgan fingerprint density at radius 1 is 1.15 bits per heavy atom. The second-order valence-electron chi connectivity index (χ2n) is 8.53. The molecule has 1 saturated carbocycles. The van der Waals surface area contributed by atoms with Gasteiger partial charge in [-0.2, -0.15) is 0 Å². The van der Waals surface area contributed by atoms with Crippen LogP contribution < -0.4 is 10.6 Å². The molecule has 2 aliphatic carbocycles. The summed E-state index contributed by atoms with van der Waals surface area (Å²) >= 11 is 0. The Labute approximate surface area is 158 Å². The van der Waals surface area contributed by atoms with E-state index in [2.05, 4.69) is 12.2 Å². The molecule has 1 saturated heterocycles. The van der Waals surface area contributed by atoms with Crippen LogP contribution in [0.15, 0.2) is 36.4 Å². The normalized spacial score (nSPS) is 30.7. The number of rotatable bonds is 4. The minimum absolute atomic E-state index is 0.132. The molecule has 2 fully saturated rings. The topological polar surface area (TPSA) is 89.7 Å². The van der Waals surface area contributed by atoms with Gasteiger partial charge in [-0.3, -0.25) is 14.4 Å². The number of anilines is 1. The van der Waals surface area contributed by atoms with E-state index in [1.54, 1.807) is 29.2 Å². The summed E-state index contributed by atoms with van der Waals surface area (Å²) in [5.74, 6) is -0.406. The molecule has 0 aromatic heterocycles. The minimum atomic E-state index is -0.802. The summed E-state index contributed by atoms with van der Waals surface area (Å²) in [5, 5.41) is 0. The number of nitrogens with zero attached hydrogens (tertiary/aromatic N) is 1.